The molecule has 0 fully saturated rings. The lowest BCUT2D eigenvalue weighted by Crippen LogP contribution is -1.99. The van der Waals surface area contributed by atoms with Gasteiger partial charge in [0.25, 0.3) is 0 Å². The van der Waals surface area contributed by atoms with E-state index in [1.54, 1.807) is 11.3 Å². The van der Waals surface area contributed by atoms with Gasteiger partial charge in [-0.15, -0.1) is 11.3 Å². The number of nitrogens with zero attached hydrogens (tertiary/aromatic N) is 3. The molecule has 6 heteroatoms. The average molecular weight is 254 g/mol. The Morgan fingerprint density at radius 1 is 1.38 bits per heavy atom. The summed E-state index contributed by atoms with van der Waals surface area (Å²) < 4.78 is 4.28. The fourth-order valence-corrected chi connectivity index (χ4v) is 2.59. The Kier molecular flexibility index (Phi) is 3.50. The summed E-state index contributed by atoms with van der Waals surface area (Å²) in [6.45, 7) is 6.92. The van der Waals surface area contributed by atoms with Gasteiger partial charge in [0.15, 0.2) is 0 Å². The Morgan fingerprint density at radius 3 is 2.75 bits per heavy atom. The minimum Gasteiger partial charge on any atom is -0.354 e. The van der Waals surface area contributed by atoms with Gasteiger partial charge in [-0.2, -0.15) is 4.37 Å². The Balaban J connectivity index is 1.94. The number of anilines is 1. The minimum atomic E-state index is 0.383. The van der Waals surface area contributed by atoms with Crippen LogP contribution in [-0.4, -0.2) is 14.3 Å². The molecule has 2 aromatic rings. The number of aromatic nitrogens is 3. The van der Waals surface area contributed by atoms with Crippen molar-refractivity contribution in [3.8, 4) is 0 Å². The Labute approximate surface area is 103 Å². The predicted octanol–water partition coefficient (Wildman–Crippen LogP) is 3.04. The van der Waals surface area contributed by atoms with Gasteiger partial charge in [0.05, 0.1) is 6.54 Å². The van der Waals surface area contributed by atoms with E-state index in [2.05, 4.69) is 38.9 Å². The number of hydrogen-bond acceptors (Lipinski definition) is 6. The van der Waals surface area contributed by atoms with Crippen molar-refractivity contribution in [1.82, 2.24) is 14.3 Å². The summed E-state index contributed by atoms with van der Waals surface area (Å²) in [5, 5.41) is 7.25. The summed E-state index contributed by atoms with van der Waals surface area (Å²) in [4.78, 5) is 8.78. The fraction of sp³-hybridized carbons (Fsp3) is 0.500. The number of rotatable bonds is 4. The van der Waals surface area contributed by atoms with E-state index in [-0.39, 0.29) is 0 Å². The van der Waals surface area contributed by atoms with Crippen molar-refractivity contribution in [2.45, 2.75) is 33.2 Å². The standard InChI is InChI=1S/C10H14N4S2/c1-6(2)9-13-10(16-14-9)11-4-8-12-7(3)5-15-8/h5-6H,4H2,1-3H3,(H,11,13,14). The van der Waals surface area contributed by atoms with E-state index in [4.69, 9.17) is 0 Å². The van der Waals surface area contributed by atoms with Gasteiger partial charge in [-0.3, -0.25) is 0 Å². The molecule has 0 aliphatic carbocycles. The highest BCUT2D eigenvalue weighted by atomic mass is 32.1. The van der Waals surface area contributed by atoms with Crippen LogP contribution in [0, 0.1) is 6.92 Å². The molecule has 0 saturated carbocycles. The van der Waals surface area contributed by atoms with Crippen LogP contribution in [0.4, 0.5) is 5.13 Å². The molecule has 2 rings (SSSR count). The third-order valence-corrected chi connectivity index (χ3v) is 3.67. The quantitative estimate of drug-likeness (QED) is 0.911. The zero-order chi connectivity index (χ0) is 11.5. The lowest BCUT2D eigenvalue weighted by molar-refractivity contribution is 0.799. The molecule has 2 aromatic heterocycles. The van der Waals surface area contributed by atoms with E-state index < -0.39 is 0 Å². The molecule has 0 unspecified atom stereocenters. The first-order chi connectivity index (χ1) is 7.65. The first-order valence-corrected chi connectivity index (χ1v) is 6.79. The van der Waals surface area contributed by atoms with Gasteiger partial charge in [0.2, 0.25) is 5.13 Å². The van der Waals surface area contributed by atoms with Crippen LogP contribution in [-0.2, 0) is 6.54 Å². The molecule has 0 radical (unpaired) electrons. The van der Waals surface area contributed by atoms with E-state index >= 15 is 0 Å². The second kappa shape index (κ2) is 4.88. The number of aryl methyl sites for hydroxylation is 1. The summed E-state index contributed by atoms with van der Waals surface area (Å²) in [6, 6.07) is 0. The average Bonchev–Trinajstić information content (AvgIpc) is 2.83. The summed E-state index contributed by atoms with van der Waals surface area (Å²) in [6.07, 6.45) is 0. The molecule has 0 atom stereocenters. The molecule has 0 amide bonds. The second-order valence-corrected chi connectivity index (χ2v) is 5.54. The van der Waals surface area contributed by atoms with Crippen molar-refractivity contribution in [1.29, 1.82) is 0 Å². The van der Waals surface area contributed by atoms with Gasteiger partial charge in [-0.1, -0.05) is 13.8 Å². The lowest BCUT2D eigenvalue weighted by atomic mass is 10.2. The molecule has 1 N–H and O–H groups in total. The summed E-state index contributed by atoms with van der Waals surface area (Å²) in [5.74, 6) is 1.29. The highest BCUT2D eigenvalue weighted by molar-refractivity contribution is 7.10. The molecule has 0 bridgehead atoms. The van der Waals surface area contributed by atoms with Gasteiger partial charge >= 0.3 is 0 Å². The molecule has 4 nitrogen and oxygen atoms in total. The SMILES string of the molecule is Cc1csc(CNc2nc(C(C)C)ns2)n1. The third-order valence-electron chi connectivity index (χ3n) is 2.02. The molecule has 2 heterocycles. The van der Waals surface area contributed by atoms with Gasteiger partial charge in [-0.25, -0.2) is 9.97 Å². The van der Waals surface area contributed by atoms with Crippen molar-refractivity contribution in [3.05, 3.63) is 21.9 Å². The maximum absolute atomic E-state index is 4.40. The zero-order valence-electron chi connectivity index (χ0n) is 9.52. The first kappa shape index (κ1) is 11.5. The van der Waals surface area contributed by atoms with Crippen molar-refractivity contribution in [2.75, 3.05) is 5.32 Å². The maximum atomic E-state index is 4.40. The van der Waals surface area contributed by atoms with Crippen LogP contribution < -0.4 is 5.32 Å². The fourth-order valence-electron chi connectivity index (χ4n) is 1.18. The van der Waals surface area contributed by atoms with Crippen molar-refractivity contribution >= 4 is 28.0 Å². The molecule has 0 aliphatic heterocycles. The van der Waals surface area contributed by atoms with Crippen molar-refractivity contribution < 1.29 is 0 Å². The maximum Gasteiger partial charge on any atom is 0.202 e. The lowest BCUT2D eigenvalue weighted by Gasteiger charge is -1.98. The van der Waals surface area contributed by atoms with Crippen LogP contribution >= 0.6 is 22.9 Å². The van der Waals surface area contributed by atoms with Crippen LogP contribution in [0.3, 0.4) is 0 Å². The molecule has 16 heavy (non-hydrogen) atoms. The Morgan fingerprint density at radius 2 is 2.19 bits per heavy atom. The highest BCUT2D eigenvalue weighted by Crippen LogP contribution is 2.18. The zero-order valence-corrected chi connectivity index (χ0v) is 11.2. The van der Waals surface area contributed by atoms with E-state index in [0.29, 0.717) is 5.92 Å². The van der Waals surface area contributed by atoms with Gasteiger partial charge < -0.3 is 5.32 Å². The molecule has 86 valence electrons. The molecule has 0 aromatic carbocycles. The van der Waals surface area contributed by atoms with Crippen LogP contribution in [0.1, 0.15) is 36.3 Å². The van der Waals surface area contributed by atoms with Gasteiger partial charge in [0.1, 0.15) is 10.8 Å². The molecule has 0 saturated heterocycles. The van der Waals surface area contributed by atoms with Crippen molar-refractivity contribution in [3.63, 3.8) is 0 Å². The van der Waals surface area contributed by atoms with E-state index in [9.17, 15) is 0 Å². The van der Waals surface area contributed by atoms with E-state index in [1.807, 2.05) is 6.92 Å². The molecular formula is C10H14N4S2. The van der Waals surface area contributed by atoms with Crippen LogP contribution in [0.25, 0.3) is 0 Å². The minimum absolute atomic E-state index is 0.383. The van der Waals surface area contributed by atoms with Gasteiger partial charge in [-0.05, 0) is 6.92 Å². The molecule has 0 aliphatic rings. The first-order valence-electron chi connectivity index (χ1n) is 5.13. The summed E-state index contributed by atoms with van der Waals surface area (Å²) in [7, 11) is 0. The Bertz CT molecular complexity index is 461. The van der Waals surface area contributed by atoms with Crippen LogP contribution in [0.2, 0.25) is 0 Å². The third kappa shape index (κ3) is 2.76. The topological polar surface area (TPSA) is 50.7 Å². The molecular weight excluding hydrogens is 240 g/mol. The number of thiazole rings is 1. The van der Waals surface area contributed by atoms with Crippen LogP contribution in [0.15, 0.2) is 5.38 Å². The second-order valence-electron chi connectivity index (χ2n) is 3.85. The predicted molar refractivity (Wildman–Crippen MR) is 68.2 cm³/mol. The number of nitrogens with one attached hydrogen (secondary N) is 1. The smallest absolute Gasteiger partial charge is 0.202 e. The Hall–Kier alpha value is -1.01. The summed E-state index contributed by atoms with van der Waals surface area (Å²) in [5.41, 5.74) is 1.07. The largest absolute Gasteiger partial charge is 0.354 e. The van der Waals surface area contributed by atoms with E-state index in [1.165, 1.54) is 11.5 Å². The highest BCUT2D eigenvalue weighted by Gasteiger charge is 2.07. The normalized spacial score (nSPS) is 11.0. The van der Waals surface area contributed by atoms with Crippen molar-refractivity contribution in [2.24, 2.45) is 0 Å². The van der Waals surface area contributed by atoms with Crippen LogP contribution in [0.5, 0.6) is 0 Å². The van der Waals surface area contributed by atoms with Gasteiger partial charge in [0, 0.05) is 28.5 Å². The molecule has 0 spiro atoms. The monoisotopic (exact) mass is 254 g/mol. The van der Waals surface area contributed by atoms with E-state index in [0.717, 1.165) is 28.2 Å². The number of hydrogen-bond donors (Lipinski definition) is 1. The summed E-state index contributed by atoms with van der Waals surface area (Å²) >= 11 is 3.07.